The average Bonchev–Trinajstić information content (AvgIpc) is 2.18. The summed E-state index contributed by atoms with van der Waals surface area (Å²) in [6.45, 7) is 0. The van der Waals surface area contributed by atoms with Crippen molar-refractivity contribution in [3.63, 3.8) is 0 Å². The highest BCUT2D eigenvalue weighted by molar-refractivity contribution is 9.09. The van der Waals surface area contributed by atoms with Crippen molar-refractivity contribution in [3.8, 4) is 0 Å². The van der Waals surface area contributed by atoms with E-state index in [0.717, 1.165) is 10.7 Å². The van der Waals surface area contributed by atoms with Crippen molar-refractivity contribution in [2.45, 2.75) is 11.8 Å². The second-order valence-electron chi connectivity index (χ2n) is 3.19. The first-order chi connectivity index (χ1) is 5.86. The van der Waals surface area contributed by atoms with Gasteiger partial charge in [0.2, 0.25) is 0 Å². The van der Waals surface area contributed by atoms with E-state index < -0.39 is 0 Å². The van der Waals surface area contributed by atoms with E-state index >= 15 is 0 Å². The second-order valence-corrected chi connectivity index (χ2v) is 4.48. The zero-order valence-electron chi connectivity index (χ0n) is 6.63. The highest BCUT2D eigenvalue weighted by Gasteiger charge is 2.26. The van der Waals surface area contributed by atoms with Gasteiger partial charge in [0.15, 0.2) is 0 Å². The van der Waals surface area contributed by atoms with Crippen LogP contribution in [0.25, 0.3) is 0 Å². The van der Waals surface area contributed by atoms with E-state index in [1.165, 1.54) is 11.1 Å². The summed E-state index contributed by atoms with van der Waals surface area (Å²) in [7, 11) is 0. The Labute approximate surface area is 89.6 Å². The van der Waals surface area contributed by atoms with Gasteiger partial charge in [-0.05, 0) is 11.1 Å². The maximum atomic E-state index is 3.57. The number of fused-ring (bicyclic) bond motifs is 3. The molecule has 0 amide bonds. The Morgan fingerprint density at radius 3 is 1.42 bits per heavy atom. The molecule has 0 heterocycles. The fourth-order valence-corrected chi connectivity index (χ4v) is 3.50. The quantitative estimate of drug-likeness (QED) is 0.729. The van der Waals surface area contributed by atoms with E-state index in [1.807, 2.05) is 0 Å². The van der Waals surface area contributed by atoms with Crippen LogP contribution in [0.2, 0.25) is 0 Å². The van der Waals surface area contributed by atoms with Crippen LogP contribution in [0.5, 0.6) is 0 Å². The average molecular weight is 290 g/mol. The molecule has 1 aromatic carbocycles. The molecule has 0 aromatic heterocycles. The van der Waals surface area contributed by atoms with Crippen molar-refractivity contribution in [1.82, 2.24) is 0 Å². The monoisotopic (exact) mass is 288 g/mol. The van der Waals surface area contributed by atoms with Gasteiger partial charge in [-0.3, -0.25) is 0 Å². The van der Waals surface area contributed by atoms with Crippen LogP contribution in [0.3, 0.4) is 0 Å². The molecule has 0 N–H and O–H groups in total. The summed E-state index contributed by atoms with van der Waals surface area (Å²) in [5, 5.41) is 2.13. The van der Waals surface area contributed by atoms with E-state index in [4.69, 9.17) is 0 Å². The van der Waals surface area contributed by atoms with Crippen LogP contribution in [0.1, 0.15) is 23.0 Å². The molecule has 3 rings (SSSR count). The highest BCUT2D eigenvalue weighted by atomic mass is 79.9. The zero-order chi connectivity index (χ0) is 8.55. The van der Waals surface area contributed by atoms with Gasteiger partial charge in [-0.25, -0.2) is 0 Å². The van der Waals surface area contributed by atoms with Gasteiger partial charge in [-0.1, -0.05) is 56.1 Å². The minimum atomic E-state index is 0.675. The minimum absolute atomic E-state index is 0.675. The summed E-state index contributed by atoms with van der Waals surface area (Å²) in [4.78, 5) is 0. The Balaban J connectivity index is 2.40. The Morgan fingerprint density at radius 2 is 1.17 bits per heavy atom. The maximum Gasteiger partial charge on any atom is 0.0106 e. The van der Waals surface area contributed by atoms with Gasteiger partial charge < -0.3 is 0 Å². The van der Waals surface area contributed by atoms with E-state index in [9.17, 15) is 0 Å². The summed E-state index contributed by atoms with van der Waals surface area (Å²) < 4.78 is 0. The first-order valence-electron chi connectivity index (χ1n) is 4.08. The molecule has 0 radical (unpaired) electrons. The molecule has 0 saturated carbocycles. The van der Waals surface area contributed by atoms with Crippen molar-refractivity contribution in [2.24, 2.45) is 0 Å². The summed E-state index contributed by atoms with van der Waals surface area (Å²) in [5.41, 5.74) is 2.93. The van der Waals surface area contributed by atoms with E-state index in [1.54, 1.807) is 0 Å². The molecule has 2 aliphatic carbocycles. The third kappa shape index (κ3) is 1.25. The lowest BCUT2D eigenvalue weighted by Gasteiger charge is -2.30. The normalized spacial score (nSPS) is 26.2. The Bertz CT molecular complexity index is 237. The van der Waals surface area contributed by atoms with Crippen molar-refractivity contribution in [3.05, 3.63) is 35.4 Å². The van der Waals surface area contributed by atoms with Crippen LogP contribution in [0.15, 0.2) is 24.3 Å². The molecule has 2 atom stereocenters. The van der Waals surface area contributed by atoms with Gasteiger partial charge in [-0.15, -0.1) is 0 Å². The van der Waals surface area contributed by atoms with Crippen LogP contribution < -0.4 is 0 Å². The minimum Gasteiger partial charge on any atom is -0.0921 e. The predicted molar refractivity (Wildman–Crippen MR) is 59.5 cm³/mol. The molecule has 1 aromatic rings. The van der Waals surface area contributed by atoms with E-state index in [2.05, 4.69) is 56.1 Å². The van der Waals surface area contributed by atoms with Crippen molar-refractivity contribution in [2.75, 3.05) is 10.7 Å². The van der Waals surface area contributed by atoms with Crippen LogP contribution in [0, 0.1) is 0 Å². The molecule has 2 bridgehead atoms. The zero-order valence-corrected chi connectivity index (χ0v) is 9.81. The van der Waals surface area contributed by atoms with E-state index in [0.29, 0.717) is 11.8 Å². The molecule has 2 aliphatic rings. The SMILES string of the molecule is BrCC1c2ccc(cc2)C1CBr. The van der Waals surface area contributed by atoms with Crippen molar-refractivity contribution < 1.29 is 0 Å². The highest BCUT2D eigenvalue weighted by Crippen LogP contribution is 2.40. The molecule has 0 saturated heterocycles. The Kier molecular flexibility index (Phi) is 2.56. The number of rotatable bonds is 2. The second kappa shape index (κ2) is 3.51. The van der Waals surface area contributed by atoms with Crippen molar-refractivity contribution in [1.29, 1.82) is 0 Å². The van der Waals surface area contributed by atoms with Gasteiger partial charge in [0.1, 0.15) is 0 Å². The maximum absolute atomic E-state index is 3.57. The fourth-order valence-electron chi connectivity index (χ4n) is 1.85. The third-order valence-electron chi connectivity index (χ3n) is 2.61. The first-order valence-corrected chi connectivity index (χ1v) is 6.33. The molecule has 64 valence electrons. The van der Waals surface area contributed by atoms with Crippen molar-refractivity contribution >= 4 is 31.9 Å². The Hall–Kier alpha value is 0.180. The lowest BCUT2D eigenvalue weighted by Crippen LogP contribution is -2.18. The molecule has 0 spiro atoms. The number of hydrogen-bond donors (Lipinski definition) is 0. The largest absolute Gasteiger partial charge is 0.0921 e. The smallest absolute Gasteiger partial charge is 0.0106 e. The third-order valence-corrected chi connectivity index (χ3v) is 4.01. The number of halogens is 2. The van der Waals surface area contributed by atoms with Crippen LogP contribution in [-0.2, 0) is 0 Å². The lowest BCUT2D eigenvalue weighted by molar-refractivity contribution is 0.627. The van der Waals surface area contributed by atoms with Crippen LogP contribution in [-0.4, -0.2) is 10.7 Å². The lowest BCUT2D eigenvalue weighted by atomic mass is 9.78. The van der Waals surface area contributed by atoms with Gasteiger partial charge in [0.05, 0.1) is 0 Å². The van der Waals surface area contributed by atoms with Crippen LogP contribution in [0.4, 0.5) is 0 Å². The molecule has 0 fully saturated rings. The molecule has 12 heavy (non-hydrogen) atoms. The molecule has 0 nitrogen and oxygen atoms in total. The molecule has 0 aliphatic heterocycles. The molecule has 2 unspecified atom stereocenters. The number of alkyl halides is 2. The van der Waals surface area contributed by atoms with Gasteiger partial charge >= 0.3 is 0 Å². The summed E-state index contributed by atoms with van der Waals surface area (Å²) in [6.07, 6.45) is 0. The predicted octanol–water partition coefficient (Wildman–Crippen LogP) is 3.66. The summed E-state index contributed by atoms with van der Waals surface area (Å²) in [5.74, 6) is 1.35. The van der Waals surface area contributed by atoms with Gasteiger partial charge in [0, 0.05) is 22.5 Å². The number of benzene rings is 1. The number of hydrogen-bond acceptors (Lipinski definition) is 0. The van der Waals surface area contributed by atoms with E-state index in [-0.39, 0.29) is 0 Å². The topological polar surface area (TPSA) is 0 Å². The van der Waals surface area contributed by atoms with Gasteiger partial charge in [-0.2, -0.15) is 0 Å². The van der Waals surface area contributed by atoms with Gasteiger partial charge in [0.25, 0.3) is 0 Å². The summed E-state index contributed by atoms with van der Waals surface area (Å²) in [6, 6.07) is 8.95. The first kappa shape index (κ1) is 8.76. The van der Waals surface area contributed by atoms with Crippen LogP contribution >= 0.6 is 31.9 Å². The standard InChI is InChI=1S/C10H10Br2/c11-5-9-7-1-2-8(4-3-7)10(9)6-12/h1-4,9-10H,5-6H2. The summed E-state index contributed by atoms with van der Waals surface area (Å²) >= 11 is 7.14. The molecular weight excluding hydrogens is 280 g/mol. The fraction of sp³-hybridized carbons (Fsp3) is 0.400. The molecule has 2 heteroatoms. The molecular formula is C10H10Br2. The Morgan fingerprint density at radius 1 is 0.833 bits per heavy atom.